The molecular formula is C22H21FN4OS. The van der Waals surface area contributed by atoms with Gasteiger partial charge in [-0.3, -0.25) is 4.90 Å². The fourth-order valence-corrected chi connectivity index (χ4v) is 4.08. The van der Waals surface area contributed by atoms with Crippen LogP contribution in [0.5, 0.6) is 5.75 Å². The van der Waals surface area contributed by atoms with Gasteiger partial charge in [0.1, 0.15) is 29.3 Å². The molecule has 4 rings (SSSR count). The fraction of sp³-hybridized carbons (Fsp3) is 0.273. The molecule has 0 saturated carbocycles. The van der Waals surface area contributed by atoms with E-state index in [1.54, 1.807) is 23.5 Å². The monoisotopic (exact) mass is 408 g/mol. The Hall–Kier alpha value is -2.95. The number of hydrogen-bond acceptors (Lipinski definition) is 6. The number of para-hydroxylation sites is 1. The maximum atomic E-state index is 12.9. The normalized spacial score (nSPS) is 14.6. The number of benzene rings is 2. The number of aromatic nitrogens is 1. The predicted octanol–water partition coefficient (Wildman–Crippen LogP) is 4.06. The molecule has 1 aliphatic heterocycles. The van der Waals surface area contributed by atoms with Crippen LogP contribution >= 0.6 is 11.3 Å². The van der Waals surface area contributed by atoms with Crippen LogP contribution in [0.15, 0.2) is 53.9 Å². The summed E-state index contributed by atoms with van der Waals surface area (Å²) < 4.78 is 18.6. The van der Waals surface area contributed by atoms with Gasteiger partial charge in [0.05, 0.1) is 16.9 Å². The highest BCUT2D eigenvalue weighted by atomic mass is 32.1. The Kier molecular flexibility index (Phi) is 6.03. The Labute approximate surface area is 173 Å². The van der Waals surface area contributed by atoms with Gasteiger partial charge in [-0.25, -0.2) is 9.37 Å². The van der Waals surface area contributed by atoms with Gasteiger partial charge in [0.25, 0.3) is 0 Å². The molecule has 0 atom stereocenters. The third kappa shape index (κ3) is 4.91. The summed E-state index contributed by atoms with van der Waals surface area (Å²) in [5, 5.41) is 12.3. The molecule has 1 fully saturated rings. The molecule has 0 unspecified atom stereocenters. The van der Waals surface area contributed by atoms with E-state index >= 15 is 0 Å². The Morgan fingerprint density at radius 1 is 1.07 bits per heavy atom. The molecule has 0 bridgehead atoms. The molecule has 2 aromatic carbocycles. The van der Waals surface area contributed by atoms with E-state index in [1.807, 2.05) is 24.3 Å². The first-order valence-electron chi connectivity index (χ1n) is 9.49. The molecule has 1 saturated heterocycles. The van der Waals surface area contributed by atoms with E-state index in [4.69, 9.17) is 4.74 Å². The zero-order valence-electron chi connectivity index (χ0n) is 15.9. The number of thiazole rings is 1. The zero-order valence-corrected chi connectivity index (χ0v) is 16.7. The third-order valence-electron chi connectivity index (χ3n) is 4.90. The predicted molar refractivity (Wildman–Crippen MR) is 111 cm³/mol. The minimum absolute atomic E-state index is 0.273. The Morgan fingerprint density at radius 2 is 1.83 bits per heavy atom. The molecule has 148 valence electrons. The van der Waals surface area contributed by atoms with Crippen LogP contribution in [0.1, 0.15) is 16.3 Å². The molecule has 0 radical (unpaired) electrons. The molecule has 0 aliphatic carbocycles. The quantitative estimate of drug-likeness (QED) is 0.616. The SMILES string of the molecule is N#Cc1ccccc1N1CCN(Cc2csc(COc3ccc(F)cc3)n2)CC1. The molecule has 5 nitrogen and oxygen atoms in total. The summed E-state index contributed by atoms with van der Waals surface area (Å²) >= 11 is 1.58. The van der Waals surface area contributed by atoms with Gasteiger partial charge in [-0.2, -0.15) is 5.26 Å². The van der Waals surface area contributed by atoms with E-state index in [0.717, 1.165) is 54.7 Å². The van der Waals surface area contributed by atoms with E-state index in [1.165, 1.54) is 12.1 Å². The zero-order chi connectivity index (χ0) is 20.1. The summed E-state index contributed by atoms with van der Waals surface area (Å²) in [5.41, 5.74) is 2.79. The molecule has 0 spiro atoms. The van der Waals surface area contributed by atoms with Crippen LogP contribution in [0, 0.1) is 17.1 Å². The highest BCUT2D eigenvalue weighted by molar-refractivity contribution is 7.09. The van der Waals surface area contributed by atoms with Gasteiger partial charge in [0.15, 0.2) is 0 Å². The van der Waals surface area contributed by atoms with Gasteiger partial charge in [0.2, 0.25) is 0 Å². The standard InChI is InChI=1S/C22H21FN4OS/c23-18-5-7-20(8-6-18)28-15-22-25-19(16-29-22)14-26-9-11-27(12-10-26)21-4-2-1-3-17(21)13-24/h1-8,16H,9-12,14-15H2. The smallest absolute Gasteiger partial charge is 0.140 e. The van der Waals surface area contributed by atoms with Gasteiger partial charge in [-0.05, 0) is 36.4 Å². The fourth-order valence-electron chi connectivity index (χ4n) is 3.38. The Bertz CT molecular complexity index is 991. The van der Waals surface area contributed by atoms with Crippen LogP contribution in [0.3, 0.4) is 0 Å². The number of halogens is 1. The van der Waals surface area contributed by atoms with Crippen LogP contribution in [0.2, 0.25) is 0 Å². The van der Waals surface area contributed by atoms with E-state index in [-0.39, 0.29) is 5.82 Å². The van der Waals surface area contributed by atoms with Crippen LogP contribution in [0.4, 0.5) is 10.1 Å². The van der Waals surface area contributed by atoms with Gasteiger partial charge in [-0.1, -0.05) is 12.1 Å². The average Bonchev–Trinajstić information content (AvgIpc) is 3.21. The van der Waals surface area contributed by atoms with Crippen molar-refractivity contribution in [3.05, 3.63) is 76.0 Å². The van der Waals surface area contributed by atoms with E-state index in [2.05, 4.69) is 26.2 Å². The number of rotatable bonds is 6. The average molecular weight is 409 g/mol. The summed E-state index contributed by atoms with van der Waals surface area (Å²) in [6, 6.07) is 16.1. The van der Waals surface area contributed by atoms with Gasteiger partial charge < -0.3 is 9.64 Å². The highest BCUT2D eigenvalue weighted by Crippen LogP contribution is 2.22. The molecule has 1 aliphatic rings. The second kappa shape index (κ2) is 9.03. The first-order chi connectivity index (χ1) is 14.2. The Balaban J connectivity index is 1.28. The Morgan fingerprint density at radius 3 is 2.59 bits per heavy atom. The minimum Gasteiger partial charge on any atom is -0.486 e. The molecular weight excluding hydrogens is 387 g/mol. The van der Waals surface area contributed by atoms with Gasteiger partial charge in [-0.15, -0.1) is 11.3 Å². The highest BCUT2D eigenvalue weighted by Gasteiger charge is 2.20. The summed E-state index contributed by atoms with van der Waals surface area (Å²) in [4.78, 5) is 9.32. The summed E-state index contributed by atoms with van der Waals surface area (Å²) in [7, 11) is 0. The van der Waals surface area contributed by atoms with Crippen molar-refractivity contribution >= 4 is 17.0 Å². The maximum absolute atomic E-state index is 12.9. The maximum Gasteiger partial charge on any atom is 0.140 e. The van der Waals surface area contributed by atoms with Gasteiger partial charge in [0, 0.05) is 38.1 Å². The summed E-state index contributed by atoms with van der Waals surface area (Å²) in [6.07, 6.45) is 0. The van der Waals surface area contributed by atoms with Crippen molar-refractivity contribution in [2.24, 2.45) is 0 Å². The molecule has 1 aromatic heterocycles. The van der Waals surface area contributed by atoms with Crippen molar-refractivity contribution in [2.45, 2.75) is 13.2 Å². The summed E-state index contributed by atoms with van der Waals surface area (Å²) in [6.45, 7) is 4.83. The molecule has 0 amide bonds. The van der Waals surface area contributed by atoms with Gasteiger partial charge >= 0.3 is 0 Å². The lowest BCUT2D eigenvalue weighted by Gasteiger charge is -2.36. The molecule has 3 aromatic rings. The van der Waals surface area contributed by atoms with Crippen LogP contribution < -0.4 is 9.64 Å². The number of nitrogens with zero attached hydrogens (tertiary/aromatic N) is 4. The van der Waals surface area contributed by atoms with E-state index in [0.29, 0.717) is 12.4 Å². The number of piperazine rings is 1. The summed E-state index contributed by atoms with van der Waals surface area (Å²) in [5.74, 6) is 0.363. The van der Waals surface area contributed by atoms with Crippen molar-refractivity contribution in [3.8, 4) is 11.8 Å². The van der Waals surface area contributed by atoms with Crippen molar-refractivity contribution in [1.29, 1.82) is 5.26 Å². The topological polar surface area (TPSA) is 52.4 Å². The van der Waals surface area contributed by atoms with Crippen molar-refractivity contribution in [1.82, 2.24) is 9.88 Å². The number of ether oxygens (including phenoxy) is 1. The van der Waals surface area contributed by atoms with Crippen molar-refractivity contribution < 1.29 is 9.13 Å². The molecule has 29 heavy (non-hydrogen) atoms. The lowest BCUT2D eigenvalue weighted by molar-refractivity contribution is 0.246. The second-order valence-electron chi connectivity index (χ2n) is 6.87. The molecule has 2 heterocycles. The van der Waals surface area contributed by atoms with E-state index < -0.39 is 0 Å². The van der Waals surface area contributed by atoms with E-state index in [9.17, 15) is 9.65 Å². The van der Waals surface area contributed by atoms with Crippen LogP contribution in [-0.2, 0) is 13.2 Å². The first kappa shape index (κ1) is 19.4. The number of anilines is 1. The largest absolute Gasteiger partial charge is 0.486 e. The second-order valence-corrected chi connectivity index (χ2v) is 7.81. The van der Waals surface area contributed by atoms with Crippen molar-refractivity contribution in [2.75, 3.05) is 31.1 Å². The van der Waals surface area contributed by atoms with Crippen LogP contribution in [0.25, 0.3) is 0 Å². The van der Waals surface area contributed by atoms with Crippen molar-refractivity contribution in [3.63, 3.8) is 0 Å². The third-order valence-corrected chi connectivity index (χ3v) is 5.77. The lowest BCUT2D eigenvalue weighted by Crippen LogP contribution is -2.46. The first-order valence-corrected chi connectivity index (χ1v) is 10.4. The molecule has 7 heteroatoms. The minimum atomic E-state index is -0.273. The molecule has 0 N–H and O–H groups in total. The van der Waals surface area contributed by atoms with Crippen LogP contribution in [-0.4, -0.2) is 36.1 Å². The number of hydrogen-bond donors (Lipinski definition) is 0. The number of nitriles is 1. The lowest BCUT2D eigenvalue weighted by atomic mass is 10.1.